The van der Waals surface area contributed by atoms with Gasteiger partial charge in [0.25, 0.3) is 0 Å². The molecule has 1 saturated heterocycles. The van der Waals surface area contributed by atoms with E-state index in [2.05, 4.69) is 30.2 Å². The van der Waals surface area contributed by atoms with Gasteiger partial charge in [0.15, 0.2) is 0 Å². The van der Waals surface area contributed by atoms with Crippen molar-refractivity contribution in [3.63, 3.8) is 0 Å². The fraction of sp³-hybridized carbons (Fsp3) is 0.429. The Hall–Kier alpha value is -3.00. The summed E-state index contributed by atoms with van der Waals surface area (Å²) in [5.74, 6) is 0.893. The second kappa shape index (κ2) is 7.11. The molecule has 0 bridgehead atoms. The van der Waals surface area contributed by atoms with Crippen LogP contribution in [0.3, 0.4) is 0 Å². The fourth-order valence-corrected chi connectivity index (χ4v) is 4.60. The van der Waals surface area contributed by atoms with Crippen LogP contribution in [0.2, 0.25) is 0 Å². The van der Waals surface area contributed by atoms with Gasteiger partial charge < -0.3 is 20.3 Å². The minimum Gasteiger partial charge on any atom is -0.394 e. The summed E-state index contributed by atoms with van der Waals surface area (Å²) in [6.45, 7) is 1.42. The number of nitrogens with zero attached hydrogens (tertiary/aromatic N) is 4. The number of aromatic nitrogens is 4. The Morgan fingerprint density at radius 3 is 2.97 bits per heavy atom. The monoisotopic (exact) mass is 392 g/mol. The number of hydrogen-bond acceptors (Lipinski definition) is 6. The second-order valence-corrected chi connectivity index (χ2v) is 8.06. The van der Waals surface area contributed by atoms with Crippen LogP contribution in [0.1, 0.15) is 31.0 Å². The molecule has 8 nitrogen and oxygen atoms in total. The maximum absolute atomic E-state index is 13.1. The Bertz CT molecular complexity index is 1020. The fourth-order valence-electron chi connectivity index (χ4n) is 4.60. The number of piperidine rings is 1. The first-order valence-electron chi connectivity index (χ1n) is 10.1. The number of rotatable bonds is 5. The average molecular weight is 392 g/mol. The maximum Gasteiger partial charge on any atom is 0.224 e. The minimum atomic E-state index is -0.473. The van der Waals surface area contributed by atoms with Gasteiger partial charge in [0.2, 0.25) is 5.91 Å². The van der Waals surface area contributed by atoms with Crippen LogP contribution in [0.15, 0.2) is 43.0 Å². The first-order valence-corrected chi connectivity index (χ1v) is 10.1. The molecule has 0 unspecified atom stereocenters. The van der Waals surface area contributed by atoms with E-state index in [1.807, 2.05) is 30.5 Å². The molecule has 2 fully saturated rings. The van der Waals surface area contributed by atoms with Crippen molar-refractivity contribution < 1.29 is 9.90 Å². The zero-order valence-electron chi connectivity index (χ0n) is 16.1. The number of aliphatic hydroxyl groups is 1. The smallest absolute Gasteiger partial charge is 0.224 e. The Morgan fingerprint density at radius 2 is 2.21 bits per heavy atom. The summed E-state index contributed by atoms with van der Waals surface area (Å²) in [4.78, 5) is 31.6. The van der Waals surface area contributed by atoms with Gasteiger partial charge in [-0.1, -0.05) is 6.07 Å². The number of hydrogen-bond donors (Lipinski definition) is 3. The van der Waals surface area contributed by atoms with Crippen molar-refractivity contribution in [2.45, 2.75) is 25.3 Å². The van der Waals surface area contributed by atoms with E-state index in [1.165, 1.54) is 0 Å². The van der Waals surface area contributed by atoms with Crippen LogP contribution in [0.4, 0.5) is 5.82 Å². The SMILES string of the molecule is O=C(N[C@H](CO)c1ccccn1)[C@H]1CCN(c2ncnc3[nH]ccc23)CC12CC2. The van der Waals surface area contributed by atoms with E-state index in [1.54, 1.807) is 12.5 Å². The van der Waals surface area contributed by atoms with E-state index in [0.29, 0.717) is 5.69 Å². The standard InChI is InChI=1S/C21H24N6O2/c28-11-17(16-3-1-2-8-22-16)26-20(29)15-5-10-27(12-21(15)6-7-21)19-14-4-9-23-18(14)24-13-25-19/h1-4,8-9,13,15,17,28H,5-7,10-12H2,(H,26,29)(H,23,24,25)/t15-,17-/m1/s1. The van der Waals surface area contributed by atoms with Gasteiger partial charge in [-0.15, -0.1) is 0 Å². The molecule has 29 heavy (non-hydrogen) atoms. The van der Waals surface area contributed by atoms with Gasteiger partial charge >= 0.3 is 0 Å². The number of aromatic amines is 1. The van der Waals surface area contributed by atoms with Crippen LogP contribution >= 0.6 is 0 Å². The molecule has 0 radical (unpaired) electrons. The van der Waals surface area contributed by atoms with Crippen molar-refractivity contribution >= 4 is 22.8 Å². The molecule has 2 aliphatic rings. The van der Waals surface area contributed by atoms with Crippen molar-refractivity contribution in [1.29, 1.82) is 0 Å². The normalized spacial score (nSPS) is 21.3. The lowest BCUT2D eigenvalue weighted by Gasteiger charge is -2.39. The van der Waals surface area contributed by atoms with Crippen molar-refractivity contribution in [1.82, 2.24) is 25.3 Å². The minimum absolute atomic E-state index is 0.0139. The Balaban J connectivity index is 1.32. The van der Waals surface area contributed by atoms with E-state index in [-0.39, 0.29) is 23.8 Å². The van der Waals surface area contributed by atoms with E-state index >= 15 is 0 Å². The predicted octanol–water partition coefficient (Wildman–Crippen LogP) is 1.81. The Labute approximate surface area is 168 Å². The van der Waals surface area contributed by atoms with Crippen LogP contribution in [0.5, 0.6) is 0 Å². The van der Waals surface area contributed by atoms with Crippen LogP contribution in [0.25, 0.3) is 11.0 Å². The van der Waals surface area contributed by atoms with Gasteiger partial charge in [0.05, 0.1) is 23.7 Å². The molecule has 1 amide bonds. The van der Waals surface area contributed by atoms with Gasteiger partial charge in [-0.05, 0) is 42.9 Å². The molecule has 1 aliphatic carbocycles. The predicted molar refractivity (Wildman–Crippen MR) is 108 cm³/mol. The molecule has 1 saturated carbocycles. The molecular formula is C21H24N6O2. The number of carbonyl (C=O) groups excluding carboxylic acids is 1. The first-order chi connectivity index (χ1) is 14.2. The highest BCUT2D eigenvalue weighted by molar-refractivity contribution is 5.87. The maximum atomic E-state index is 13.1. The molecule has 3 aromatic rings. The summed E-state index contributed by atoms with van der Waals surface area (Å²) in [6.07, 6.45) is 7.98. The Kier molecular flexibility index (Phi) is 4.43. The molecular weight excluding hydrogens is 368 g/mol. The van der Waals surface area contributed by atoms with Crippen molar-refractivity contribution in [3.8, 4) is 0 Å². The van der Waals surface area contributed by atoms with E-state index < -0.39 is 6.04 Å². The zero-order chi connectivity index (χ0) is 19.8. The molecule has 4 heterocycles. The lowest BCUT2D eigenvalue weighted by atomic mass is 9.81. The van der Waals surface area contributed by atoms with Gasteiger partial charge in [-0.2, -0.15) is 0 Å². The molecule has 5 rings (SSSR count). The van der Waals surface area contributed by atoms with Crippen LogP contribution in [-0.4, -0.2) is 50.6 Å². The van der Waals surface area contributed by atoms with E-state index in [0.717, 1.165) is 49.2 Å². The molecule has 3 N–H and O–H groups in total. The number of nitrogens with one attached hydrogen (secondary N) is 2. The molecule has 2 atom stereocenters. The summed E-state index contributed by atoms with van der Waals surface area (Å²) in [5, 5.41) is 13.8. The van der Waals surface area contributed by atoms with E-state index in [4.69, 9.17) is 0 Å². The molecule has 1 aliphatic heterocycles. The van der Waals surface area contributed by atoms with Gasteiger partial charge in [0, 0.05) is 31.4 Å². The van der Waals surface area contributed by atoms with Crippen molar-refractivity contribution in [3.05, 3.63) is 48.7 Å². The molecule has 150 valence electrons. The largest absolute Gasteiger partial charge is 0.394 e. The lowest BCUT2D eigenvalue weighted by molar-refractivity contribution is -0.129. The zero-order valence-corrected chi connectivity index (χ0v) is 16.1. The van der Waals surface area contributed by atoms with Gasteiger partial charge in [-0.25, -0.2) is 9.97 Å². The van der Waals surface area contributed by atoms with Crippen molar-refractivity contribution in [2.24, 2.45) is 11.3 Å². The molecule has 8 heteroatoms. The molecule has 0 aromatic carbocycles. The number of H-pyrrole nitrogens is 1. The average Bonchev–Trinajstić information content (AvgIpc) is 3.34. The number of anilines is 1. The molecule has 3 aromatic heterocycles. The summed E-state index contributed by atoms with van der Waals surface area (Å²) in [5.41, 5.74) is 1.50. The lowest BCUT2D eigenvalue weighted by Crippen LogP contribution is -2.49. The van der Waals surface area contributed by atoms with Crippen molar-refractivity contribution in [2.75, 3.05) is 24.6 Å². The number of pyridine rings is 1. The number of fused-ring (bicyclic) bond motifs is 1. The highest BCUT2D eigenvalue weighted by Gasteiger charge is 2.55. The number of amides is 1. The quantitative estimate of drug-likeness (QED) is 0.611. The third-order valence-corrected chi connectivity index (χ3v) is 6.32. The summed E-state index contributed by atoms with van der Waals surface area (Å²) < 4.78 is 0. The topological polar surface area (TPSA) is 107 Å². The third kappa shape index (κ3) is 3.23. The second-order valence-electron chi connectivity index (χ2n) is 8.06. The number of carbonyl (C=O) groups is 1. The van der Waals surface area contributed by atoms with Gasteiger partial charge in [0.1, 0.15) is 17.8 Å². The summed E-state index contributed by atoms with van der Waals surface area (Å²) in [7, 11) is 0. The van der Waals surface area contributed by atoms with Crippen LogP contribution in [-0.2, 0) is 4.79 Å². The highest BCUT2D eigenvalue weighted by Crippen LogP contribution is 2.56. The first kappa shape index (κ1) is 18.1. The third-order valence-electron chi connectivity index (χ3n) is 6.32. The van der Waals surface area contributed by atoms with E-state index in [9.17, 15) is 9.90 Å². The summed E-state index contributed by atoms with van der Waals surface area (Å²) >= 11 is 0. The van der Waals surface area contributed by atoms with Crippen LogP contribution in [0, 0.1) is 11.3 Å². The van der Waals surface area contributed by atoms with Gasteiger partial charge in [-0.3, -0.25) is 9.78 Å². The van der Waals surface area contributed by atoms with Crippen LogP contribution < -0.4 is 10.2 Å². The number of aliphatic hydroxyl groups excluding tert-OH is 1. The highest BCUT2D eigenvalue weighted by atomic mass is 16.3. The Morgan fingerprint density at radius 1 is 1.31 bits per heavy atom. The summed E-state index contributed by atoms with van der Waals surface area (Å²) in [6, 6.07) is 7.04. The molecule has 1 spiro atoms.